The molecule has 1 atom stereocenters. The molecule has 3 aromatic rings. The van der Waals surface area contributed by atoms with E-state index in [2.05, 4.69) is 0 Å². The predicted molar refractivity (Wildman–Crippen MR) is 94.8 cm³/mol. The van der Waals surface area contributed by atoms with Gasteiger partial charge in [-0.3, -0.25) is 0 Å². The van der Waals surface area contributed by atoms with Crippen LogP contribution in [0.5, 0.6) is 0 Å². The Labute approximate surface area is 144 Å². The average molecular weight is 335 g/mol. The van der Waals surface area contributed by atoms with E-state index in [9.17, 15) is 15.0 Å². The molecule has 2 N–H and O–H groups in total. The van der Waals surface area contributed by atoms with Gasteiger partial charge in [0.15, 0.2) is 5.82 Å². The summed E-state index contributed by atoms with van der Waals surface area (Å²) in [5.74, 6) is -0.313. The van der Waals surface area contributed by atoms with Crippen molar-refractivity contribution in [3.63, 3.8) is 0 Å². The number of hydrogen-bond acceptors (Lipinski definition) is 5. The topological polar surface area (TPSA) is 86.5 Å². The molecular weight excluding hydrogens is 318 g/mol. The van der Waals surface area contributed by atoms with E-state index in [0.717, 1.165) is 11.3 Å². The summed E-state index contributed by atoms with van der Waals surface area (Å²) < 4.78 is 0. The zero-order chi connectivity index (χ0) is 17.4. The monoisotopic (exact) mass is 335 g/mol. The van der Waals surface area contributed by atoms with E-state index in [1.54, 1.807) is 6.07 Å². The summed E-state index contributed by atoms with van der Waals surface area (Å²) in [5, 5.41) is 19.1. The van der Waals surface area contributed by atoms with Crippen LogP contribution >= 0.6 is 0 Å². The quantitative estimate of drug-likeness (QED) is 0.765. The average Bonchev–Trinajstić information content (AvgIpc) is 3.07. The summed E-state index contributed by atoms with van der Waals surface area (Å²) >= 11 is 0. The molecule has 1 fully saturated rings. The zero-order valence-electron chi connectivity index (χ0n) is 13.5. The smallest absolute Gasteiger partial charge is 0.335 e. The summed E-state index contributed by atoms with van der Waals surface area (Å²) in [6.07, 6.45) is 0.301. The van der Waals surface area contributed by atoms with Crippen LogP contribution in [0, 0.1) is 0 Å². The molecule has 25 heavy (non-hydrogen) atoms. The summed E-state index contributed by atoms with van der Waals surface area (Å²) in [6.45, 7) is 1.19. The van der Waals surface area contributed by atoms with Crippen molar-refractivity contribution in [2.45, 2.75) is 12.5 Å². The van der Waals surface area contributed by atoms with Gasteiger partial charge in [-0.25, -0.2) is 14.8 Å². The van der Waals surface area contributed by atoms with Crippen LogP contribution in [0.2, 0.25) is 0 Å². The van der Waals surface area contributed by atoms with Gasteiger partial charge in [0.25, 0.3) is 0 Å². The molecular formula is C19H17N3O3. The van der Waals surface area contributed by atoms with E-state index in [1.807, 2.05) is 35.2 Å². The van der Waals surface area contributed by atoms with E-state index in [-0.39, 0.29) is 11.7 Å². The van der Waals surface area contributed by atoms with E-state index < -0.39 is 5.97 Å². The third-order valence-electron chi connectivity index (χ3n) is 4.40. The Kier molecular flexibility index (Phi) is 3.82. The number of carboxylic acids is 1. The Hall–Kier alpha value is -2.99. The van der Waals surface area contributed by atoms with Gasteiger partial charge in [-0.2, -0.15) is 0 Å². The molecule has 1 saturated heterocycles. The van der Waals surface area contributed by atoms with Gasteiger partial charge in [0, 0.05) is 18.7 Å². The SMILES string of the molecule is O=C(O)c1ccc2nc(-c3ccccc3)c(N3CCC(O)C3)nc2c1. The first kappa shape index (κ1) is 15.5. The van der Waals surface area contributed by atoms with Crippen LogP contribution in [0.15, 0.2) is 48.5 Å². The Balaban J connectivity index is 1.92. The number of aliphatic hydroxyl groups excluding tert-OH is 1. The molecule has 2 aromatic carbocycles. The second-order valence-electron chi connectivity index (χ2n) is 6.16. The molecule has 0 radical (unpaired) electrons. The Morgan fingerprint density at radius 1 is 1.08 bits per heavy atom. The number of nitrogens with zero attached hydrogens (tertiary/aromatic N) is 3. The van der Waals surface area contributed by atoms with Crippen molar-refractivity contribution in [3.05, 3.63) is 54.1 Å². The number of benzene rings is 2. The number of aliphatic hydroxyl groups is 1. The number of fused-ring (bicyclic) bond motifs is 1. The fourth-order valence-electron chi connectivity index (χ4n) is 3.12. The van der Waals surface area contributed by atoms with Gasteiger partial charge in [0.2, 0.25) is 0 Å². The first-order valence-electron chi connectivity index (χ1n) is 8.15. The predicted octanol–water partition coefficient (Wildman–Crippen LogP) is 2.57. The normalized spacial score (nSPS) is 17.2. The van der Waals surface area contributed by atoms with Crippen molar-refractivity contribution in [2.24, 2.45) is 0 Å². The molecule has 0 amide bonds. The lowest BCUT2D eigenvalue weighted by molar-refractivity contribution is 0.0697. The standard InChI is InChI=1S/C19H17N3O3/c23-14-8-9-22(11-14)18-17(12-4-2-1-3-5-12)20-15-7-6-13(19(24)25)10-16(15)21-18/h1-7,10,14,23H,8-9,11H2,(H,24,25). The Bertz CT molecular complexity index is 943. The van der Waals surface area contributed by atoms with Crippen LogP contribution in [0.4, 0.5) is 5.82 Å². The largest absolute Gasteiger partial charge is 0.478 e. The summed E-state index contributed by atoms with van der Waals surface area (Å²) in [5.41, 5.74) is 3.05. The zero-order valence-corrected chi connectivity index (χ0v) is 13.5. The number of aromatic nitrogens is 2. The molecule has 1 aliphatic heterocycles. The van der Waals surface area contributed by atoms with Gasteiger partial charge in [-0.15, -0.1) is 0 Å². The van der Waals surface area contributed by atoms with Crippen molar-refractivity contribution in [1.29, 1.82) is 0 Å². The lowest BCUT2D eigenvalue weighted by Crippen LogP contribution is -2.23. The lowest BCUT2D eigenvalue weighted by Gasteiger charge is -2.20. The highest BCUT2D eigenvalue weighted by atomic mass is 16.4. The van der Waals surface area contributed by atoms with Crippen molar-refractivity contribution < 1.29 is 15.0 Å². The molecule has 1 aromatic heterocycles. The van der Waals surface area contributed by atoms with E-state index in [4.69, 9.17) is 9.97 Å². The number of carbonyl (C=O) groups is 1. The molecule has 1 aliphatic rings. The lowest BCUT2D eigenvalue weighted by atomic mass is 10.1. The van der Waals surface area contributed by atoms with E-state index in [0.29, 0.717) is 36.4 Å². The fourth-order valence-corrected chi connectivity index (χ4v) is 3.12. The van der Waals surface area contributed by atoms with Crippen LogP contribution in [-0.2, 0) is 0 Å². The minimum Gasteiger partial charge on any atom is -0.478 e. The maximum Gasteiger partial charge on any atom is 0.335 e. The molecule has 0 aliphatic carbocycles. The van der Waals surface area contributed by atoms with Crippen LogP contribution < -0.4 is 4.90 Å². The molecule has 1 unspecified atom stereocenters. The number of aromatic carboxylic acids is 1. The maximum atomic E-state index is 11.2. The van der Waals surface area contributed by atoms with Crippen molar-refractivity contribution >= 4 is 22.8 Å². The number of anilines is 1. The highest BCUT2D eigenvalue weighted by molar-refractivity contribution is 5.93. The van der Waals surface area contributed by atoms with Gasteiger partial charge in [-0.1, -0.05) is 30.3 Å². The van der Waals surface area contributed by atoms with Crippen molar-refractivity contribution in [3.8, 4) is 11.3 Å². The molecule has 0 spiro atoms. The fraction of sp³-hybridized carbons (Fsp3) is 0.211. The van der Waals surface area contributed by atoms with Crippen molar-refractivity contribution in [1.82, 2.24) is 9.97 Å². The minimum absolute atomic E-state index is 0.182. The summed E-state index contributed by atoms with van der Waals surface area (Å²) in [7, 11) is 0. The van der Waals surface area contributed by atoms with Gasteiger partial charge < -0.3 is 15.1 Å². The van der Waals surface area contributed by atoms with Crippen LogP contribution in [0.3, 0.4) is 0 Å². The first-order chi connectivity index (χ1) is 12.1. The molecule has 6 heteroatoms. The molecule has 2 heterocycles. The third-order valence-corrected chi connectivity index (χ3v) is 4.40. The Morgan fingerprint density at radius 2 is 1.88 bits per heavy atom. The van der Waals surface area contributed by atoms with Crippen LogP contribution in [0.25, 0.3) is 22.3 Å². The minimum atomic E-state index is -0.992. The highest BCUT2D eigenvalue weighted by Gasteiger charge is 2.25. The van der Waals surface area contributed by atoms with Gasteiger partial charge in [-0.05, 0) is 24.6 Å². The van der Waals surface area contributed by atoms with Gasteiger partial charge >= 0.3 is 5.97 Å². The first-order valence-corrected chi connectivity index (χ1v) is 8.15. The van der Waals surface area contributed by atoms with Crippen molar-refractivity contribution in [2.75, 3.05) is 18.0 Å². The van der Waals surface area contributed by atoms with E-state index >= 15 is 0 Å². The van der Waals surface area contributed by atoms with Crippen LogP contribution in [-0.4, -0.2) is 45.3 Å². The molecule has 0 saturated carbocycles. The Morgan fingerprint density at radius 3 is 2.56 bits per heavy atom. The summed E-state index contributed by atoms with van der Waals surface area (Å²) in [6, 6.07) is 14.5. The highest BCUT2D eigenvalue weighted by Crippen LogP contribution is 2.31. The second kappa shape index (κ2) is 6.14. The number of carboxylic acid groups (broad SMARTS) is 1. The molecule has 6 nitrogen and oxygen atoms in total. The number of β-amino-alcohol motifs (C(OH)–C–C–N with tert-alkyl or cyclic N) is 1. The number of rotatable bonds is 3. The van der Waals surface area contributed by atoms with Gasteiger partial charge in [0.1, 0.15) is 5.69 Å². The van der Waals surface area contributed by atoms with E-state index in [1.165, 1.54) is 12.1 Å². The number of hydrogen-bond donors (Lipinski definition) is 2. The van der Waals surface area contributed by atoms with Crippen LogP contribution in [0.1, 0.15) is 16.8 Å². The summed E-state index contributed by atoms with van der Waals surface area (Å²) in [4.78, 5) is 22.7. The van der Waals surface area contributed by atoms with Gasteiger partial charge in [0.05, 0.1) is 22.7 Å². The third kappa shape index (κ3) is 2.92. The molecule has 0 bridgehead atoms. The molecule has 126 valence electrons. The maximum absolute atomic E-state index is 11.2. The second-order valence-corrected chi connectivity index (χ2v) is 6.16. The molecule has 4 rings (SSSR count).